The van der Waals surface area contributed by atoms with E-state index in [-0.39, 0.29) is 30.1 Å². The van der Waals surface area contributed by atoms with Gasteiger partial charge in [0, 0.05) is 43.0 Å². The molecule has 224 valence electrons. The molecule has 0 spiro atoms. The smallest absolute Gasteiger partial charge is 0.253 e. The van der Waals surface area contributed by atoms with Crippen LogP contribution in [-0.2, 0) is 16.1 Å². The van der Waals surface area contributed by atoms with Crippen molar-refractivity contribution in [1.82, 2.24) is 40.1 Å². The van der Waals surface area contributed by atoms with Gasteiger partial charge < -0.3 is 15.5 Å². The number of hydrogen-bond acceptors (Lipinski definition) is 6. The maximum atomic E-state index is 13.7. The van der Waals surface area contributed by atoms with Gasteiger partial charge in [-0.1, -0.05) is 44.2 Å². The first kappa shape index (κ1) is 29.7. The summed E-state index contributed by atoms with van der Waals surface area (Å²) in [6.45, 7) is 6.98. The highest BCUT2D eigenvalue weighted by atomic mass is 16.2. The second-order valence-corrected chi connectivity index (χ2v) is 11.3. The van der Waals surface area contributed by atoms with Crippen LogP contribution in [0, 0.1) is 5.92 Å². The van der Waals surface area contributed by atoms with Crippen LogP contribution in [0.25, 0.3) is 17.1 Å². The summed E-state index contributed by atoms with van der Waals surface area (Å²) in [6, 6.07) is 17.6. The van der Waals surface area contributed by atoms with E-state index in [1.165, 1.54) is 0 Å². The first-order valence-corrected chi connectivity index (χ1v) is 14.8. The maximum Gasteiger partial charge on any atom is 0.253 e. The van der Waals surface area contributed by atoms with E-state index < -0.39 is 12.1 Å². The van der Waals surface area contributed by atoms with E-state index in [4.69, 9.17) is 10.1 Å². The maximum absolute atomic E-state index is 13.7. The lowest BCUT2D eigenvalue weighted by molar-refractivity contribution is -0.129. The van der Waals surface area contributed by atoms with Gasteiger partial charge in [0.15, 0.2) is 5.82 Å². The van der Waals surface area contributed by atoms with E-state index in [2.05, 4.69) is 15.7 Å². The second-order valence-electron chi connectivity index (χ2n) is 11.3. The summed E-state index contributed by atoms with van der Waals surface area (Å²) < 4.78 is 3.51. The van der Waals surface area contributed by atoms with Gasteiger partial charge in [0.05, 0.1) is 18.3 Å². The highest BCUT2D eigenvalue weighted by Gasteiger charge is 2.27. The van der Waals surface area contributed by atoms with E-state index in [1.807, 2.05) is 75.5 Å². The van der Waals surface area contributed by atoms with Gasteiger partial charge in [0.25, 0.3) is 5.91 Å². The summed E-state index contributed by atoms with van der Waals surface area (Å²) in [7, 11) is 0. The van der Waals surface area contributed by atoms with E-state index in [9.17, 15) is 14.4 Å². The molecule has 3 amide bonds. The molecule has 2 N–H and O–H groups in total. The van der Waals surface area contributed by atoms with Crippen molar-refractivity contribution in [1.29, 1.82) is 0 Å². The summed E-state index contributed by atoms with van der Waals surface area (Å²) in [5, 5.41) is 15.0. The number of amides is 3. The third-order valence-electron chi connectivity index (χ3n) is 7.42. The summed E-state index contributed by atoms with van der Waals surface area (Å²) >= 11 is 0. The first-order valence-electron chi connectivity index (χ1n) is 14.8. The SMILES string of the molecule is CC(C)C[C@H]1NC(=O)CCCN(C(=O)c2ccc(-n3cccn3)cc2)CCn2nc(-c3ccccc3)nc2[C@@H](C)NC1=O. The fourth-order valence-electron chi connectivity index (χ4n) is 5.22. The van der Waals surface area contributed by atoms with E-state index in [0.717, 1.165) is 11.3 Å². The van der Waals surface area contributed by atoms with Crippen molar-refractivity contribution in [2.24, 2.45) is 5.92 Å². The number of benzene rings is 2. The number of carbonyl (C=O) groups is 3. The highest BCUT2D eigenvalue weighted by molar-refractivity contribution is 5.94. The first-order chi connectivity index (χ1) is 20.8. The Hall–Kier alpha value is -4.80. The number of nitrogens with zero attached hydrogens (tertiary/aromatic N) is 6. The van der Waals surface area contributed by atoms with Crippen molar-refractivity contribution in [3.8, 4) is 17.1 Å². The molecular weight excluding hydrogens is 544 g/mol. The Morgan fingerprint density at radius 2 is 1.74 bits per heavy atom. The van der Waals surface area contributed by atoms with Crippen molar-refractivity contribution in [2.75, 3.05) is 13.1 Å². The van der Waals surface area contributed by atoms with E-state index in [1.54, 1.807) is 32.6 Å². The number of rotatable bonds is 5. The van der Waals surface area contributed by atoms with Crippen LogP contribution in [0.15, 0.2) is 73.1 Å². The largest absolute Gasteiger partial charge is 0.345 e. The Kier molecular flexibility index (Phi) is 9.29. The zero-order valence-electron chi connectivity index (χ0n) is 24.8. The number of carbonyl (C=O) groups excluding carboxylic acids is 3. The van der Waals surface area contributed by atoms with Crippen LogP contribution < -0.4 is 10.6 Å². The molecular formula is C32H38N8O3. The minimum Gasteiger partial charge on any atom is -0.345 e. The summed E-state index contributed by atoms with van der Waals surface area (Å²) in [4.78, 5) is 46.5. The summed E-state index contributed by atoms with van der Waals surface area (Å²) in [5.41, 5.74) is 2.25. The predicted octanol–water partition coefficient (Wildman–Crippen LogP) is 3.78. The van der Waals surface area contributed by atoms with Crippen molar-refractivity contribution in [3.05, 3.63) is 84.4 Å². The van der Waals surface area contributed by atoms with Gasteiger partial charge in [-0.15, -0.1) is 0 Å². The molecule has 0 saturated carbocycles. The molecule has 0 saturated heterocycles. The Balaban J connectivity index is 1.44. The lowest BCUT2D eigenvalue weighted by Gasteiger charge is -2.26. The zero-order valence-corrected chi connectivity index (χ0v) is 24.8. The van der Waals surface area contributed by atoms with Crippen LogP contribution in [0.2, 0.25) is 0 Å². The molecule has 5 rings (SSSR count). The third kappa shape index (κ3) is 7.35. The molecule has 0 bridgehead atoms. The Bertz CT molecular complexity index is 1530. The van der Waals surface area contributed by atoms with E-state index >= 15 is 0 Å². The number of fused-ring (bicyclic) bond motifs is 1. The fraction of sp³-hybridized carbons (Fsp3) is 0.375. The molecule has 2 atom stereocenters. The fourth-order valence-corrected chi connectivity index (χ4v) is 5.22. The lowest BCUT2D eigenvalue weighted by atomic mass is 10.0. The summed E-state index contributed by atoms with van der Waals surface area (Å²) in [5.74, 6) is 0.721. The molecule has 3 heterocycles. The van der Waals surface area contributed by atoms with Crippen LogP contribution in [0.5, 0.6) is 0 Å². The van der Waals surface area contributed by atoms with Gasteiger partial charge in [0.1, 0.15) is 11.9 Å². The van der Waals surface area contributed by atoms with Gasteiger partial charge in [0.2, 0.25) is 11.8 Å². The molecule has 43 heavy (non-hydrogen) atoms. The van der Waals surface area contributed by atoms with Crippen molar-refractivity contribution in [2.45, 2.75) is 58.7 Å². The van der Waals surface area contributed by atoms with Crippen LogP contribution >= 0.6 is 0 Å². The molecule has 0 aliphatic carbocycles. The molecule has 1 aliphatic rings. The predicted molar refractivity (Wildman–Crippen MR) is 162 cm³/mol. The number of hydrogen-bond donors (Lipinski definition) is 2. The molecule has 0 fully saturated rings. The molecule has 4 aromatic rings. The molecule has 0 radical (unpaired) electrons. The Labute approximate surface area is 251 Å². The highest BCUT2D eigenvalue weighted by Crippen LogP contribution is 2.20. The van der Waals surface area contributed by atoms with Crippen molar-refractivity contribution >= 4 is 17.7 Å². The molecule has 11 heteroatoms. The molecule has 1 aliphatic heterocycles. The average molecular weight is 583 g/mol. The topological polar surface area (TPSA) is 127 Å². The summed E-state index contributed by atoms with van der Waals surface area (Å²) in [6.07, 6.45) is 4.71. The zero-order chi connectivity index (χ0) is 30.3. The molecule has 2 aromatic heterocycles. The van der Waals surface area contributed by atoms with Crippen LogP contribution in [0.4, 0.5) is 0 Å². The van der Waals surface area contributed by atoms with Gasteiger partial charge in [-0.05, 0) is 56.0 Å². The van der Waals surface area contributed by atoms with E-state index in [0.29, 0.717) is 49.7 Å². The van der Waals surface area contributed by atoms with Crippen LogP contribution in [-0.4, -0.2) is 66.3 Å². The minimum atomic E-state index is -0.672. The number of nitrogens with one attached hydrogen (secondary N) is 2. The van der Waals surface area contributed by atoms with Gasteiger partial charge in [-0.3, -0.25) is 14.4 Å². The minimum absolute atomic E-state index is 0.136. The van der Waals surface area contributed by atoms with Crippen LogP contribution in [0.1, 0.15) is 62.3 Å². The van der Waals surface area contributed by atoms with Crippen molar-refractivity contribution in [3.63, 3.8) is 0 Å². The quantitative estimate of drug-likeness (QED) is 0.369. The van der Waals surface area contributed by atoms with Gasteiger partial charge >= 0.3 is 0 Å². The second kappa shape index (κ2) is 13.5. The standard InChI is InChI=1S/C32H38N8O3/c1-22(2)21-27-31(42)34-23(3)30-36-29(24-9-5-4-6-10-24)37-40(30)20-19-38(17-7-11-28(41)35-27)32(43)25-12-14-26(15-13-25)39-18-8-16-33-39/h4-6,8-10,12-16,18,22-23,27H,7,11,17,19-21H2,1-3H3,(H,34,42)(H,35,41)/t23-,27-/m1/s1. The lowest BCUT2D eigenvalue weighted by Crippen LogP contribution is -2.48. The normalized spacial score (nSPS) is 18.5. The van der Waals surface area contributed by atoms with Gasteiger partial charge in [-0.25, -0.2) is 14.3 Å². The van der Waals surface area contributed by atoms with Crippen molar-refractivity contribution < 1.29 is 14.4 Å². The Morgan fingerprint density at radius 1 is 0.977 bits per heavy atom. The van der Waals surface area contributed by atoms with Gasteiger partial charge in [-0.2, -0.15) is 10.2 Å². The molecule has 2 aromatic carbocycles. The monoisotopic (exact) mass is 582 g/mol. The molecule has 0 unspecified atom stereocenters. The number of aromatic nitrogens is 5. The molecule has 11 nitrogen and oxygen atoms in total. The third-order valence-corrected chi connectivity index (χ3v) is 7.42. The Morgan fingerprint density at radius 3 is 2.44 bits per heavy atom. The van der Waals surface area contributed by atoms with Crippen LogP contribution in [0.3, 0.4) is 0 Å². The average Bonchev–Trinajstić information content (AvgIpc) is 3.69.